The summed E-state index contributed by atoms with van der Waals surface area (Å²) in [5, 5.41) is 2.33. The minimum Gasteiger partial charge on any atom is -0.375 e. The second kappa shape index (κ2) is 6.47. The molecule has 0 bridgehead atoms. The van der Waals surface area contributed by atoms with E-state index in [9.17, 15) is 4.79 Å². The molecule has 2 aromatic rings. The third-order valence-electron chi connectivity index (χ3n) is 2.92. The van der Waals surface area contributed by atoms with Gasteiger partial charge in [0.05, 0.1) is 12.1 Å². The standard InChI is InChI=1S/C14H18N4OS/c1-10(2)18(8-11-4-3-5-16-7-11)13(19)6-12-9-20-14(15)17-12/h3-5,7,9-10H,6,8H2,1-2H3,(H2,15,17). The number of pyridine rings is 1. The van der Waals surface area contributed by atoms with E-state index in [1.807, 2.05) is 36.3 Å². The zero-order chi connectivity index (χ0) is 14.5. The molecule has 0 aromatic carbocycles. The van der Waals surface area contributed by atoms with E-state index < -0.39 is 0 Å². The highest BCUT2D eigenvalue weighted by atomic mass is 32.1. The first-order chi connectivity index (χ1) is 9.56. The predicted molar refractivity (Wildman–Crippen MR) is 80.2 cm³/mol. The Bertz CT molecular complexity index is 568. The lowest BCUT2D eigenvalue weighted by molar-refractivity contribution is -0.132. The highest BCUT2D eigenvalue weighted by Gasteiger charge is 2.18. The summed E-state index contributed by atoms with van der Waals surface area (Å²) in [6.07, 6.45) is 3.79. The van der Waals surface area contributed by atoms with E-state index in [1.165, 1.54) is 11.3 Å². The number of amides is 1. The van der Waals surface area contributed by atoms with E-state index >= 15 is 0 Å². The number of rotatable bonds is 5. The zero-order valence-electron chi connectivity index (χ0n) is 11.6. The summed E-state index contributed by atoms with van der Waals surface area (Å²) >= 11 is 1.36. The predicted octanol–water partition coefficient (Wildman–Crippen LogP) is 2.10. The number of nitrogens with two attached hydrogens (primary N) is 1. The first kappa shape index (κ1) is 14.5. The topological polar surface area (TPSA) is 72.1 Å². The third kappa shape index (κ3) is 3.77. The van der Waals surface area contributed by atoms with Crippen LogP contribution in [0.4, 0.5) is 5.13 Å². The molecular weight excluding hydrogens is 272 g/mol. The van der Waals surface area contributed by atoms with Gasteiger partial charge in [-0.2, -0.15) is 0 Å². The van der Waals surface area contributed by atoms with Crippen LogP contribution >= 0.6 is 11.3 Å². The van der Waals surface area contributed by atoms with E-state index in [0.717, 1.165) is 11.3 Å². The summed E-state index contributed by atoms with van der Waals surface area (Å²) < 4.78 is 0. The molecule has 6 heteroatoms. The van der Waals surface area contributed by atoms with Gasteiger partial charge in [0, 0.05) is 30.4 Å². The summed E-state index contributed by atoms with van der Waals surface area (Å²) in [5.41, 5.74) is 7.34. The average Bonchev–Trinajstić information content (AvgIpc) is 2.82. The first-order valence-corrected chi connectivity index (χ1v) is 7.32. The summed E-state index contributed by atoms with van der Waals surface area (Å²) in [6.45, 7) is 4.57. The lowest BCUT2D eigenvalue weighted by Crippen LogP contribution is -2.37. The number of nitrogens with zero attached hydrogens (tertiary/aromatic N) is 3. The quantitative estimate of drug-likeness (QED) is 0.915. The molecule has 0 aliphatic rings. The minimum absolute atomic E-state index is 0.0501. The molecule has 20 heavy (non-hydrogen) atoms. The number of thiazole rings is 1. The minimum atomic E-state index is 0.0501. The van der Waals surface area contributed by atoms with E-state index in [0.29, 0.717) is 11.7 Å². The third-order valence-corrected chi connectivity index (χ3v) is 3.64. The summed E-state index contributed by atoms with van der Waals surface area (Å²) in [5.74, 6) is 0.0501. The number of carbonyl (C=O) groups is 1. The summed E-state index contributed by atoms with van der Waals surface area (Å²) in [7, 11) is 0. The Kier molecular flexibility index (Phi) is 4.68. The molecule has 106 valence electrons. The normalized spacial score (nSPS) is 10.8. The second-order valence-corrected chi connectivity index (χ2v) is 5.72. The molecule has 0 atom stereocenters. The van der Waals surface area contributed by atoms with E-state index in [4.69, 9.17) is 5.73 Å². The van der Waals surface area contributed by atoms with Crippen molar-refractivity contribution < 1.29 is 4.79 Å². The fourth-order valence-corrected chi connectivity index (χ4v) is 2.47. The molecule has 0 unspecified atom stereocenters. The van der Waals surface area contributed by atoms with Gasteiger partial charge < -0.3 is 10.6 Å². The Hall–Kier alpha value is -1.95. The Morgan fingerprint density at radius 3 is 2.85 bits per heavy atom. The molecular formula is C14H18N4OS. The number of hydrogen-bond donors (Lipinski definition) is 1. The maximum Gasteiger partial charge on any atom is 0.229 e. The van der Waals surface area contributed by atoms with Crippen LogP contribution in [0, 0.1) is 0 Å². The van der Waals surface area contributed by atoms with Gasteiger partial charge in [-0.1, -0.05) is 6.07 Å². The van der Waals surface area contributed by atoms with E-state index in [1.54, 1.807) is 12.4 Å². The van der Waals surface area contributed by atoms with Crippen molar-refractivity contribution in [3.8, 4) is 0 Å². The van der Waals surface area contributed by atoms with Crippen LogP contribution in [0.25, 0.3) is 0 Å². The fraction of sp³-hybridized carbons (Fsp3) is 0.357. The first-order valence-electron chi connectivity index (χ1n) is 6.44. The monoisotopic (exact) mass is 290 g/mol. The molecule has 1 amide bonds. The van der Waals surface area contributed by atoms with Crippen LogP contribution in [0.3, 0.4) is 0 Å². The van der Waals surface area contributed by atoms with Gasteiger partial charge >= 0.3 is 0 Å². The lowest BCUT2D eigenvalue weighted by Gasteiger charge is -2.26. The van der Waals surface area contributed by atoms with Gasteiger partial charge in [0.15, 0.2) is 5.13 Å². The van der Waals surface area contributed by atoms with Crippen molar-refractivity contribution in [2.24, 2.45) is 0 Å². The fourth-order valence-electron chi connectivity index (χ4n) is 1.91. The van der Waals surface area contributed by atoms with Crippen LogP contribution in [0.1, 0.15) is 25.1 Å². The van der Waals surface area contributed by atoms with Crippen LogP contribution < -0.4 is 5.73 Å². The second-order valence-electron chi connectivity index (χ2n) is 4.83. The van der Waals surface area contributed by atoms with Crippen molar-refractivity contribution in [1.29, 1.82) is 0 Å². The largest absolute Gasteiger partial charge is 0.375 e. The Labute approximate surface area is 122 Å². The Balaban J connectivity index is 2.06. The molecule has 2 N–H and O–H groups in total. The van der Waals surface area contributed by atoms with E-state index in [-0.39, 0.29) is 18.4 Å². The van der Waals surface area contributed by atoms with Gasteiger partial charge in [0.2, 0.25) is 5.91 Å². The van der Waals surface area contributed by atoms with Crippen LogP contribution in [-0.4, -0.2) is 26.8 Å². The number of aromatic nitrogens is 2. The van der Waals surface area contributed by atoms with Crippen LogP contribution in [0.5, 0.6) is 0 Å². The molecule has 0 aliphatic heterocycles. The number of nitrogen functional groups attached to an aromatic ring is 1. The molecule has 0 spiro atoms. The number of carbonyl (C=O) groups excluding carboxylic acids is 1. The zero-order valence-corrected chi connectivity index (χ0v) is 12.4. The highest BCUT2D eigenvalue weighted by molar-refractivity contribution is 7.13. The van der Waals surface area contributed by atoms with Gasteiger partial charge in [0.1, 0.15) is 0 Å². The van der Waals surface area contributed by atoms with Gasteiger partial charge in [-0.15, -0.1) is 11.3 Å². The summed E-state index contributed by atoms with van der Waals surface area (Å²) in [6, 6.07) is 3.97. The number of hydrogen-bond acceptors (Lipinski definition) is 5. The van der Waals surface area contributed by atoms with E-state index in [2.05, 4.69) is 9.97 Å². The molecule has 0 aliphatic carbocycles. The SMILES string of the molecule is CC(C)N(Cc1cccnc1)C(=O)Cc1csc(N)n1. The summed E-state index contributed by atoms with van der Waals surface area (Å²) in [4.78, 5) is 22.4. The molecule has 0 fully saturated rings. The van der Waals surface area contributed by atoms with Crippen molar-refractivity contribution in [3.05, 3.63) is 41.2 Å². The highest BCUT2D eigenvalue weighted by Crippen LogP contribution is 2.14. The lowest BCUT2D eigenvalue weighted by atomic mass is 10.2. The van der Waals surface area contributed by atoms with Crippen molar-refractivity contribution >= 4 is 22.4 Å². The van der Waals surface area contributed by atoms with Gasteiger partial charge in [0.25, 0.3) is 0 Å². The van der Waals surface area contributed by atoms with Crippen molar-refractivity contribution in [3.63, 3.8) is 0 Å². The molecule has 2 aromatic heterocycles. The van der Waals surface area contributed by atoms with Gasteiger partial charge in [-0.25, -0.2) is 4.98 Å². The maximum atomic E-state index is 12.4. The molecule has 0 saturated heterocycles. The average molecular weight is 290 g/mol. The Morgan fingerprint density at radius 1 is 1.50 bits per heavy atom. The smallest absolute Gasteiger partial charge is 0.229 e. The maximum absolute atomic E-state index is 12.4. The van der Waals surface area contributed by atoms with Crippen molar-refractivity contribution in [2.75, 3.05) is 5.73 Å². The Morgan fingerprint density at radius 2 is 2.30 bits per heavy atom. The van der Waals surface area contributed by atoms with Crippen molar-refractivity contribution in [2.45, 2.75) is 32.9 Å². The molecule has 2 heterocycles. The van der Waals surface area contributed by atoms with Crippen LogP contribution in [0.15, 0.2) is 29.9 Å². The van der Waals surface area contributed by atoms with Crippen LogP contribution in [-0.2, 0) is 17.8 Å². The molecule has 0 radical (unpaired) electrons. The van der Waals surface area contributed by atoms with Crippen molar-refractivity contribution in [1.82, 2.24) is 14.9 Å². The van der Waals surface area contributed by atoms with Gasteiger partial charge in [-0.05, 0) is 25.5 Å². The number of anilines is 1. The van der Waals surface area contributed by atoms with Gasteiger partial charge in [-0.3, -0.25) is 9.78 Å². The van der Waals surface area contributed by atoms with Crippen LogP contribution in [0.2, 0.25) is 0 Å². The molecule has 2 rings (SSSR count). The molecule has 0 saturated carbocycles. The molecule has 5 nitrogen and oxygen atoms in total.